The Morgan fingerprint density at radius 2 is 2.00 bits per heavy atom. The molecule has 0 aliphatic heterocycles. The van der Waals surface area contributed by atoms with Crippen LogP contribution < -0.4 is 5.32 Å². The molecule has 0 aliphatic carbocycles. The van der Waals surface area contributed by atoms with Crippen molar-refractivity contribution in [3.63, 3.8) is 0 Å². The van der Waals surface area contributed by atoms with E-state index in [1.165, 1.54) is 25.0 Å². The van der Waals surface area contributed by atoms with Gasteiger partial charge in [-0.2, -0.15) is 23.4 Å². The highest BCUT2D eigenvalue weighted by atomic mass is 127. The number of carbonyl (C=O) groups excluding carboxylic acids is 1. The zero-order valence-corrected chi connectivity index (χ0v) is 13.6. The summed E-state index contributed by atoms with van der Waals surface area (Å²) in [4.78, 5) is 12.1. The van der Waals surface area contributed by atoms with E-state index in [1.807, 2.05) is 22.6 Å². The summed E-state index contributed by atoms with van der Waals surface area (Å²) in [6.45, 7) is 0. The summed E-state index contributed by atoms with van der Waals surface area (Å²) >= 11 is 7.62. The van der Waals surface area contributed by atoms with Gasteiger partial charge in [0, 0.05) is 14.1 Å². The van der Waals surface area contributed by atoms with Crippen molar-refractivity contribution in [2.45, 2.75) is 6.18 Å². The van der Waals surface area contributed by atoms with E-state index in [-0.39, 0.29) is 10.8 Å². The summed E-state index contributed by atoms with van der Waals surface area (Å²) in [6.07, 6.45) is -3.31. The van der Waals surface area contributed by atoms with E-state index in [4.69, 9.17) is 11.6 Å². The van der Waals surface area contributed by atoms with Gasteiger partial charge in [-0.05, 0) is 22.6 Å². The molecule has 11 heteroatoms. The number of rotatable bonds is 2. The molecule has 0 spiro atoms. The monoisotopic (exact) mass is 433 g/mol. The van der Waals surface area contributed by atoms with Crippen LogP contribution >= 0.6 is 34.2 Å². The number of amides is 1. The molecule has 0 bridgehead atoms. The minimum atomic E-state index is -4.73. The number of hydrogen-bond acceptors (Lipinski definition) is 3. The van der Waals surface area contributed by atoms with Crippen LogP contribution in [0.4, 0.5) is 18.9 Å². The zero-order valence-electron chi connectivity index (χ0n) is 10.7. The third-order valence-corrected chi connectivity index (χ3v) is 3.82. The highest BCUT2D eigenvalue weighted by molar-refractivity contribution is 14.1. The molecule has 0 aliphatic rings. The maximum absolute atomic E-state index is 12.9. The lowest BCUT2D eigenvalue weighted by Gasteiger charge is -2.08. The number of alkyl halides is 3. The lowest BCUT2D eigenvalue weighted by Crippen LogP contribution is -2.19. The first-order chi connectivity index (χ1) is 9.62. The van der Waals surface area contributed by atoms with Crippen molar-refractivity contribution < 1.29 is 18.0 Å². The molecule has 0 unspecified atom stereocenters. The quantitative estimate of drug-likeness (QED) is 0.741. The SMILES string of the molecule is Cn1nc(C(F)(F)F)c(NC(=O)c2c(I)cnn2C)c1Cl. The summed E-state index contributed by atoms with van der Waals surface area (Å²) < 4.78 is 41.3. The largest absolute Gasteiger partial charge is 0.437 e. The Bertz CT molecular complexity index is 689. The van der Waals surface area contributed by atoms with Crippen LogP contribution in [0.25, 0.3) is 0 Å². The summed E-state index contributed by atoms with van der Waals surface area (Å²) in [5.74, 6) is -0.750. The number of hydrogen-bond donors (Lipinski definition) is 1. The molecule has 2 heterocycles. The number of anilines is 1. The van der Waals surface area contributed by atoms with Gasteiger partial charge in [0.2, 0.25) is 0 Å². The number of nitrogens with zero attached hydrogens (tertiary/aromatic N) is 4. The highest BCUT2D eigenvalue weighted by Crippen LogP contribution is 2.38. The van der Waals surface area contributed by atoms with Crippen molar-refractivity contribution in [3.05, 3.63) is 26.3 Å². The van der Waals surface area contributed by atoms with Crippen molar-refractivity contribution in [2.24, 2.45) is 14.1 Å². The first kappa shape index (κ1) is 16.1. The van der Waals surface area contributed by atoms with Gasteiger partial charge in [-0.1, -0.05) is 11.6 Å². The third-order valence-electron chi connectivity index (χ3n) is 2.59. The number of halogens is 5. The Kier molecular flexibility index (Phi) is 4.19. The second kappa shape index (κ2) is 5.48. The summed E-state index contributed by atoms with van der Waals surface area (Å²) in [6, 6.07) is 0. The van der Waals surface area contributed by atoms with Crippen LogP contribution in [0.2, 0.25) is 5.15 Å². The lowest BCUT2D eigenvalue weighted by atomic mass is 10.3. The van der Waals surface area contributed by atoms with E-state index in [2.05, 4.69) is 15.5 Å². The second-order valence-corrected chi connectivity index (χ2v) is 5.57. The van der Waals surface area contributed by atoms with Gasteiger partial charge in [0.25, 0.3) is 5.91 Å². The molecule has 0 saturated carbocycles. The van der Waals surface area contributed by atoms with E-state index in [9.17, 15) is 18.0 Å². The molecular weight excluding hydrogens is 425 g/mol. The van der Waals surface area contributed by atoms with E-state index in [0.717, 1.165) is 4.68 Å². The molecule has 1 amide bonds. The number of nitrogens with one attached hydrogen (secondary N) is 1. The molecule has 0 radical (unpaired) electrons. The average molecular weight is 434 g/mol. The molecule has 0 aromatic carbocycles. The van der Waals surface area contributed by atoms with Gasteiger partial charge in [-0.25, -0.2) is 0 Å². The van der Waals surface area contributed by atoms with E-state index in [1.54, 1.807) is 0 Å². The normalized spacial score (nSPS) is 11.8. The Hall–Kier alpha value is -1.30. The van der Waals surface area contributed by atoms with Gasteiger partial charge in [0.1, 0.15) is 11.4 Å². The molecule has 0 saturated heterocycles. The Labute approximate surface area is 135 Å². The van der Waals surface area contributed by atoms with E-state index in [0.29, 0.717) is 3.57 Å². The number of aryl methyl sites for hydroxylation is 2. The Balaban J connectivity index is 2.43. The van der Waals surface area contributed by atoms with Crippen molar-refractivity contribution in [1.82, 2.24) is 19.6 Å². The minimum absolute atomic E-state index is 0.128. The lowest BCUT2D eigenvalue weighted by molar-refractivity contribution is -0.140. The molecule has 114 valence electrons. The predicted octanol–water partition coefficient (Wildman–Crippen LogP) is 2.68. The molecule has 0 fully saturated rings. The highest BCUT2D eigenvalue weighted by Gasteiger charge is 2.39. The van der Waals surface area contributed by atoms with Gasteiger partial charge in [0.05, 0.1) is 9.77 Å². The van der Waals surface area contributed by atoms with Gasteiger partial charge < -0.3 is 5.32 Å². The Morgan fingerprint density at radius 1 is 1.38 bits per heavy atom. The zero-order chi connectivity index (χ0) is 15.9. The van der Waals surface area contributed by atoms with Crippen molar-refractivity contribution in [2.75, 3.05) is 5.32 Å². The first-order valence-electron chi connectivity index (χ1n) is 5.41. The molecular formula is C10H8ClF3IN5O. The average Bonchev–Trinajstić information content (AvgIpc) is 2.83. The third kappa shape index (κ3) is 3.00. The molecule has 1 N–H and O–H groups in total. The summed E-state index contributed by atoms with van der Waals surface area (Å²) in [7, 11) is 2.76. The van der Waals surface area contributed by atoms with Gasteiger partial charge >= 0.3 is 6.18 Å². The van der Waals surface area contributed by atoms with Crippen molar-refractivity contribution in [3.8, 4) is 0 Å². The Morgan fingerprint density at radius 3 is 2.48 bits per heavy atom. The van der Waals surface area contributed by atoms with Crippen LogP contribution in [-0.4, -0.2) is 25.5 Å². The molecule has 6 nitrogen and oxygen atoms in total. The molecule has 0 atom stereocenters. The molecule has 2 aromatic heterocycles. The van der Waals surface area contributed by atoms with Crippen LogP contribution in [0, 0.1) is 3.57 Å². The van der Waals surface area contributed by atoms with Crippen LogP contribution in [-0.2, 0) is 20.3 Å². The van der Waals surface area contributed by atoms with Crippen LogP contribution in [0.1, 0.15) is 16.2 Å². The first-order valence-corrected chi connectivity index (χ1v) is 6.87. The van der Waals surface area contributed by atoms with Gasteiger partial charge in [0.15, 0.2) is 10.8 Å². The fourth-order valence-electron chi connectivity index (χ4n) is 1.65. The topological polar surface area (TPSA) is 64.7 Å². The molecule has 2 aromatic rings. The summed E-state index contributed by atoms with van der Waals surface area (Å²) in [5.41, 5.74) is -1.70. The number of carbonyl (C=O) groups is 1. The predicted molar refractivity (Wildman–Crippen MR) is 77.1 cm³/mol. The number of aromatic nitrogens is 4. The fourth-order valence-corrected chi connectivity index (χ4v) is 2.54. The van der Waals surface area contributed by atoms with Crippen LogP contribution in [0.3, 0.4) is 0 Å². The van der Waals surface area contributed by atoms with Gasteiger partial charge in [-0.3, -0.25) is 14.2 Å². The smallest absolute Gasteiger partial charge is 0.316 e. The van der Waals surface area contributed by atoms with Crippen LogP contribution in [0.15, 0.2) is 6.20 Å². The van der Waals surface area contributed by atoms with E-state index >= 15 is 0 Å². The standard InChI is InChI=1S/C10H8ClF3IN5O/c1-19-6(4(15)3-16-19)9(21)17-5-7(10(12,13)14)18-20(2)8(5)11/h3H,1-2H3,(H,17,21). The maximum Gasteiger partial charge on any atom is 0.437 e. The van der Waals surface area contributed by atoms with Gasteiger partial charge in [-0.15, -0.1) is 0 Å². The van der Waals surface area contributed by atoms with Crippen LogP contribution in [0.5, 0.6) is 0 Å². The molecule has 21 heavy (non-hydrogen) atoms. The van der Waals surface area contributed by atoms with E-state index < -0.39 is 23.5 Å². The van der Waals surface area contributed by atoms with Crippen molar-refractivity contribution in [1.29, 1.82) is 0 Å². The summed E-state index contributed by atoms with van der Waals surface area (Å²) in [5, 5.41) is 8.97. The fraction of sp³-hybridized carbons (Fsp3) is 0.300. The minimum Gasteiger partial charge on any atom is -0.316 e. The molecule has 2 rings (SSSR count). The van der Waals surface area contributed by atoms with Crippen molar-refractivity contribution >= 4 is 45.8 Å². The maximum atomic E-state index is 12.9. The second-order valence-electron chi connectivity index (χ2n) is 4.05.